The van der Waals surface area contributed by atoms with Gasteiger partial charge in [-0.2, -0.15) is 0 Å². The highest BCUT2D eigenvalue weighted by Crippen LogP contribution is 2.31. The van der Waals surface area contributed by atoms with E-state index in [1.165, 1.54) is 32.2 Å². The molecular weight excluding hydrogens is 793 g/mol. The van der Waals surface area contributed by atoms with E-state index >= 15 is 0 Å². The van der Waals surface area contributed by atoms with Gasteiger partial charge in [-0.15, -0.1) is 12.4 Å². The molecule has 0 saturated carbocycles. The van der Waals surface area contributed by atoms with Gasteiger partial charge < -0.3 is 10.2 Å². The zero-order valence-electron chi connectivity index (χ0n) is 22.3. The molecule has 6 nitrogen and oxygen atoms in total. The van der Waals surface area contributed by atoms with Gasteiger partial charge in [-0.25, -0.2) is 19.9 Å². The fourth-order valence-electron chi connectivity index (χ4n) is 4.98. The van der Waals surface area contributed by atoms with Crippen molar-refractivity contribution in [2.45, 2.75) is 26.2 Å². The molecule has 212 valence electrons. The van der Waals surface area contributed by atoms with Gasteiger partial charge in [-0.05, 0) is 104 Å². The Kier molecular flexibility index (Phi) is 10.4. The Balaban J connectivity index is 0.000000137. The molecule has 0 amide bonds. The van der Waals surface area contributed by atoms with Crippen LogP contribution < -0.4 is 10.2 Å². The van der Waals surface area contributed by atoms with Crippen molar-refractivity contribution in [2.75, 3.05) is 4.90 Å². The van der Waals surface area contributed by atoms with Gasteiger partial charge in [0.25, 0.3) is 0 Å². The Hall–Kier alpha value is -2.64. The lowest BCUT2D eigenvalue weighted by Crippen LogP contribution is -2.16. The highest BCUT2D eigenvalue weighted by atomic mass is 127. The third-order valence-corrected chi connectivity index (χ3v) is 8.66. The molecule has 0 unspecified atom stereocenters. The molecular formula is C32H26Cl2I2N6. The lowest BCUT2D eigenvalue weighted by atomic mass is 10.1. The van der Waals surface area contributed by atoms with Crippen molar-refractivity contribution in [3.63, 3.8) is 0 Å². The van der Waals surface area contributed by atoms with Crippen LogP contribution in [0.25, 0.3) is 21.8 Å². The molecule has 0 radical (unpaired) electrons. The second-order valence-corrected chi connectivity index (χ2v) is 12.5. The topological polar surface area (TPSA) is 66.8 Å². The summed E-state index contributed by atoms with van der Waals surface area (Å²) in [5.41, 5.74) is 7.59. The summed E-state index contributed by atoms with van der Waals surface area (Å²) in [5.74, 6) is 1.03. The van der Waals surface area contributed by atoms with Crippen molar-refractivity contribution in [1.29, 1.82) is 0 Å². The first kappa shape index (κ1) is 30.8. The Morgan fingerprint density at radius 1 is 0.619 bits per heavy atom. The molecule has 10 heteroatoms. The number of benzene rings is 4. The smallest absolute Gasteiger partial charge is 0.140 e. The van der Waals surface area contributed by atoms with Crippen LogP contribution >= 0.6 is 69.2 Å². The summed E-state index contributed by atoms with van der Waals surface area (Å²) in [6.45, 7) is 3.95. The second-order valence-electron chi connectivity index (χ2n) is 9.68. The van der Waals surface area contributed by atoms with Gasteiger partial charge in [0.15, 0.2) is 0 Å². The summed E-state index contributed by atoms with van der Waals surface area (Å²) in [7, 11) is 0. The summed E-state index contributed by atoms with van der Waals surface area (Å²) >= 11 is 10.4. The van der Waals surface area contributed by atoms with Crippen LogP contribution in [-0.2, 0) is 26.2 Å². The minimum atomic E-state index is 0. The lowest BCUT2D eigenvalue weighted by Gasteiger charge is -2.18. The molecule has 2 aromatic heterocycles. The number of hydrogen-bond acceptors (Lipinski definition) is 6. The normalized spacial score (nSPS) is 12.9. The van der Waals surface area contributed by atoms with Gasteiger partial charge in [0.1, 0.15) is 23.6 Å². The number of nitrogens with one attached hydrogen (secondary N) is 1. The minimum Gasteiger partial charge on any atom is -0.347 e. The monoisotopic (exact) mass is 818 g/mol. The maximum absolute atomic E-state index is 5.87. The molecule has 1 N–H and O–H groups in total. The molecule has 4 aromatic carbocycles. The van der Waals surface area contributed by atoms with Crippen molar-refractivity contribution in [3.8, 4) is 0 Å². The van der Waals surface area contributed by atoms with Crippen LogP contribution in [0.15, 0.2) is 97.6 Å². The lowest BCUT2D eigenvalue weighted by molar-refractivity contribution is 0.765. The zero-order chi connectivity index (χ0) is 28.2. The van der Waals surface area contributed by atoms with E-state index in [9.17, 15) is 0 Å². The van der Waals surface area contributed by atoms with E-state index in [-0.39, 0.29) is 12.4 Å². The summed E-state index contributed by atoms with van der Waals surface area (Å²) in [4.78, 5) is 19.2. The molecule has 0 aliphatic carbocycles. The number of anilines is 1. The molecule has 6 aromatic rings. The minimum absolute atomic E-state index is 0. The maximum atomic E-state index is 5.87. The van der Waals surface area contributed by atoms with Gasteiger partial charge in [0.2, 0.25) is 0 Å². The Labute approximate surface area is 283 Å². The van der Waals surface area contributed by atoms with Crippen LogP contribution in [0.1, 0.15) is 22.3 Å². The molecule has 8 rings (SSSR count). The van der Waals surface area contributed by atoms with Crippen molar-refractivity contribution >= 4 is 96.8 Å². The number of halogens is 4. The predicted octanol–water partition coefficient (Wildman–Crippen LogP) is 8.35. The first-order chi connectivity index (χ1) is 20.0. The van der Waals surface area contributed by atoms with Gasteiger partial charge in [0.05, 0.1) is 11.0 Å². The number of rotatable bonds is 1. The quantitative estimate of drug-likeness (QED) is 0.133. The van der Waals surface area contributed by atoms with Crippen LogP contribution in [0.5, 0.6) is 0 Å². The third-order valence-electron chi connectivity index (χ3n) is 7.01. The summed E-state index contributed by atoms with van der Waals surface area (Å²) in [6.07, 6.45) is 3.13. The highest BCUT2D eigenvalue weighted by Gasteiger charge is 2.21. The van der Waals surface area contributed by atoms with E-state index < -0.39 is 0 Å². The molecule has 2 aliphatic rings. The third kappa shape index (κ3) is 7.11. The summed E-state index contributed by atoms with van der Waals surface area (Å²) in [5, 5.41) is 5.84. The van der Waals surface area contributed by atoms with Crippen LogP contribution in [0.4, 0.5) is 5.82 Å². The first-order valence-corrected chi connectivity index (χ1v) is 15.6. The Morgan fingerprint density at radius 2 is 1.12 bits per heavy atom. The Morgan fingerprint density at radius 3 is 1.71 bits per heavy atom. The van der Waals surface area contributed by atoms with E-state index in [0.29, 0.717) is 5.15 Å². The van der Waals surface area contributed by atoms with Gasteiger partial charge in [-0.1, -0.05) is 60.1 Å². The molecule has 0 spiro atoms. The van der Waals surface area contributed by atoms with Crippen molar-refractivity contribution in [2.24, 2.45) is 0 Å². The molecule has 42 heavy (non-hydrogen) atoms. The van der Waals surface area contributed by atoms with Gasteiger partial charge in [-0.3, -0.25) is 0 Å². The predicted molar refractivity (Wildman–Crippen MR) is 190 cm³/mol. The van der Waals surface area contributed by atoms with E-state index in [0.717, 1.165) is 57.4 Å². The van der Waals surface area contributed by atoms with Gasteiger partial charge in [0, 0.05) is 44.1 Å². The maximum Gasteiger partial charge on any atom is 0.140 e. The SMILES string of the molecule is Cl.Clc1ncnc2ccc(I)cc12.Ic1ccc2ncnc(N3Cc4ccccc4C3)c2c1.c1ccc2c(c1)CNC2. The van der Waals surface area contributed by atoms with Crippen LogP contribution in [0.2, 0.25) is 5.15 Å². The van der Waals surface area contributed by atoms with Gasteiger partial charge >= 0.3 is 0 Å². The molecule has 0 bridgehead atoms. The number of fused-ring (bicyclic) bond motifs is 4. The van der Waals surface area contributed by atoms with E-state index in [1.807, 2.05) is 18.2 Å². The van der Waals surface area contributed by atoms with E-state index in [4.69, 9.17) is 11.6 Å². The summed E-state index contributed by atoms with van der Waals surface area (Å²) < 4.78 is 2.35. The number of hydrogen-bond donors (Lipinski definition) is 1. The molecule has 4 heterocycles. The fraction of sp³-hybridized carbons (Fsp3) is 0.125. The zero-order valence-corrected chi connectivity index (χ0v) is 28.2. The average molecular weight is 819 g/mol. The standard InChI is InChI=1S/C16H12IN3.C8H4ClIN2.C8H9N.ClH/c17-13-5-6-15-14(7-13)16(19-10-18-15)20-8-11-3-1-2-4-12(11)9-20;9-8-6-3-5(10)1-2-7(6)11-4-12-8;1-2-4-8-6-9-5-7(8)3-1;/h1-7,10H,8-9H2;1-4H;1-4,9H,5-6H2;1H. The van der Waals surface area contributed by atoms with E-state index in [2.05, 4.69) is 142 Å². The highest BCUT2D eigenvalue weighted by molar-refractivity contribution is 14.1. The molecule has 0 saturated heterocycles. The average Bonchev–Trinajstić information content (AvgIpc) is 3.65. The largest absolute Gasteiger partial charge is 0.347 e. The van der Waals surface area contributed by atoms with E-state index in [1.54, 1.807) is 6.33 Å². The number of aromatic nitrogens is 4. The number of nitrogens with zero attached hydrogens (tertiary/aromatic N) is 5. The van der Waals surface area contributed by atoms with Crippen molar-refractivity contribution < 1.29 is 0 Å². The first-order valence-electron chi connectivity index (χ1n) is 13.1. The molecule has 2 aliphatic heterocycles. The Bertz CT molecular complexity index is 1800. The van der Waals surface area contributed by atoms with Crippen LogP contribution in [0, 0.1) is 7.14 Å². The van der Waals surface area contributed by atoms with Crippen molar-refractivity contribution in [3.05, 3.63) is 132 Å². The summed E-state index contributed by atoms with van der Waals surface area (Å²) in [6, 6.07) is 29.3. The molecule has 0 fully saturated rings. The van der Waals surface area contributed by atoms with Crippen LogP contribution in [0.3, 0.4) is 0 Å². The second kappa shape index (κ2) is 14.2. The molecule has 0 atom stereocenters. The fourth-order valence-corrected chi connectivity index (χ4v) is 6.16. The van der Waals surface area contributed by atoms with Crippen molar-refractivity contribution in [1.82, 2.24) is 25.3 Å². The van der Waals surface area contributed by atoms with Crippen LogP contribution in [-0.4, -0.2) is 19.9 Å².